The Bertz CT molecular complexity index is 397. The number of Topliss-reactive ketones (excluding diaryl/α,β-unsaturated/α-hetero) is 1. The van der Waals surface area contributed by atoms with Crippen molar-refractivity contribution >= 4 is 12.1 Å². The fourth-order valence-electron chi connectivity index (χ4n) is 2.98. The third kappa shape index (κ3) is 10.3. The van der Waals surface area contributed by atoms with E-state index in [9.17, 15) is 28.6 Å². The van der Waals surface area contributed by atoms with Gasteiger partial charge in [-0.25, -0.2) is 8.78 Å². The van der Waals surface area contributed by atoms with E-state index in [2.05, 4.69) is 6.92 Å². The van der Waals surface area contributed by atoms with Gasteiger partial charge in [0.2, 0.25) is 5.79 Å². The topological polar surface area (TPSA) is 74.6 Å². The zero-order valence-electron chi connectivity index (χ0n) is 16.3. The molecule has 0 bridgehead atoms. The molecule has 0 radical (unpaired) electrons. The van der Waals surface area contributed by atoms with Crippen LogP contribution in [0.1, 0.15) is 97.3 Å². The summed E-state index contributed by atoms with van der Waals surface area (Å²) in [6.07, 6.45) is 8.34. The Morgan fingerprint density at radius 1 is 1.08 bits per heavy atom. The molecule has 1 unspecified atom stereocenters. The molecule has 1 aliphatic carbocycles. The van der Waals surface area contributed by atoms with E-state index in [1.807, 2.05) is 0 Å². The number of ketones is 1. The molecule has 1 atom stereocenters. The van der Waals surface area contributed by atoms with Gasteiger partial charge in [0.25, 0.3) is 5.92 Å². The van der Waals surface area contributed by atoms with Crippen molar-refractivity contribution in [3.05, 3.63) is 0 Å². The fourth-order valence-corrected chi connectivity index (χ4v) is 2.98. The number of rotatable bonds is 12. The first-order chi connectivity index (χ1) is 12.2. The molecule has 0 spiro atoms. The van der Waals surface area contributed by atoms with Crippen molar-refractivity contribution in [2.45, 2.75) is 109 Å². The van der Waals surface area contributed by atoms with E-state index in [0.717, 1.165) is 19.1 Å². The maximum Gasteiger partial charge on any atom is 0.300 e. The molecule has 0 aliphatic heterocycles. The smallest absolute Gasteiger partial charge is 0.300 e. The average molecular weight is 379 g/mol. The van der Waals surface area contributed by atoms with Crippen molar-refractivity contribution < 1.29 is 28.6 Å². The highest BCUT2D eigenvalue weighted by Crippen LogP contribution is 2.37. The van der Waals surface area contributed by atoms with Gasteiger partial charge in [-0.1, -0.05) is 39.5 Å². The lowest BCUT2D eigenvalue weighted by atomic mass is 9.92. The Morgan fingerprint density at radius 2 is 1.73 bits per heavy atom. The van der Waals surface area contributed by atoms with Gasteiger partial charge in [0, 0.05) is 32.1 Å². The van der Waals surface area contributed by atoms with Crippen LogP contribution in [0.2, 0.25) is 0 Å². The van der Waals surface area contributed by atoms with E-state index in [0.29, 0.717) is 25.7 Å². The van der Waals surface area contributed by atoms with Gasteiger partial charge in [-0.3, -0.25) is 4.79 Å². The van der Waals surface area contributed by atoms with Crippen LogP contribution in [0.4, 0.5) is 8.78 Å². The van der Waals surface area contributed by atoms with Gasteiger partial charge < -0.3 is 15.0 Å². The van der Waals surface area contributed by atoms with Crippen molar-refractivity contribution in [3.63, 3.8) is 0 Å². The van der Waals surface area contributed by atoms with Gasteiger partial charge in [0.15, 0.2) is 0 Å². The molecule has 0 aromatic rings. The minimum atomic E-state index is -3.48. The quantitative estimate of drug-likeness (QED) is 0.291. The zero-order valence-corrected chi connectivity index (χ0v) is 16.3. The summed E-state index contributed by atoms with van der Waals surface area (Å²) in [7, 11) is 0. The minimum Gasteiger partial charge on any atom is -0.361 e. The van der Waals surface area contributed by atoms with Crippen LogP contribution < -0.4 is 0 Å². The normalized spacial score (nSPS) is 17.8. The van der Waals surface area contributed by atoms with Crippen LogP contribution >= 0.6 is 0 Å². The van der Waals surface area contributed by atoms with E-state index in [1.54, 1.807) is 6.92 Å². The fraction of sp³-hybridized carbons (Fsp3) is 0.900. The molecule has 4 nitrogen and oxygen atoms in total. The second-order valence-electron chi connectivity index (χ2n) is 7.33. The lowest BCUT2D eigenvalue weighted by Gasteiger charge is -2.31. The standard InChI is InChI=1S/C13H22F2O3.C7H14O/c1-2-3-7-12(14,15)13(17,18)8-6-10-4-5-11(16)9-10;1-2-3-4-5-6-7-8/h10,17-18H,2-9H2,1H3;7H,2-6H2,1H3. The summed E-state index contributed by atoms with van der Waals surface area (Å²) >= 11 is 0. The molecule has 1 saturated carbocycles. The van der Waals surface area contributed by atoms with Gasteiger partial charge in [-0.05, 0) is 31.6 Å². The predicted octanol–water partition coefficient (Wildman–Crippen LogP) is 4.80. The number of carbonyl (C=O) groups excluding carboxylic acids is 2. The third-order valence-electron chi connectivity index (χ3n) is 4.85. The molecular formula is C20H36F2O4. The van der Waals surface area contributed by atoms with E-state index < -0.39 is 18.1 Å². The van der Waals surface area contributed by atoms with Crippen LogP contribution in [0.3, 0.4) is 0 Å². The molecule has 0 aromatic carbocycles. The first kappa shape index (κ1) is 25.1. The molecule has 1 aliphatic rings. The van der Waals surface area contributed by atoms with Crippen LogP contribution in [0.25, 0.3) is 0 Å². The molecule has 26 heavy (non-hydrogen) atoms. The maximum atomic E-state index is 13.6. The van der Waals surface area contributed by atoms with Gasteiger partial charge >= 0.3 is 0 Å². The number of hydrogen-bond donors (Lipinski definition) is 2. The highest BCUT2D eigenvalue weighted by atomic mass is 19.3. The summed E-state index contributed by atoms with van der Waals surface area (Å²) in [5.41, 5.74) is 0. The highest BCUT2D eigenvalue weighted by molar-refractivity contribution is 5.80. The van der Waals surface area contributed by atoms with Crippen molar-refractivity contribution in [2.24, 2.45) is 5.92 Å². The molecular weight excluding hydrogens is 342 g/mol. The number of aliphatic hydroxyl groups is 2. The number of unbranched alkanes of at least 4 members (excludes halogenated alkanes) is 5. The maximum absolute atomic E-state index is 13.6. The van der Waals surface area contributed by atoms with E-state index in [1.165, 1.54) is 19.3 Å². The predicted molar refractivity (Wildman–Crippen MR) is 98.0 cm³/mol. The van der Waals surface area contributed by atoms with Crippen LogP contribution in [0, 0.1) is 5.92 Å². The monoisotopic (exact) mass is 378 g/mol. The van der Waals surface area contributed by atoms with Crippen LogP contribution in [-0.4, -0.2) is 34.0 Å². The van der Waals surface area contributed by atoms with Crippen molar-refractivity contribution in [1.29, 1.82) is 0 Å². The lowest BCUT2D eigenvalue weighted by molar-refractivity contribution is -0.301. The number of aldehydes is 1. The summed E-state index contributed by atoms with van der Waals surface area (Å²) < 4.78 is 27.1. The van der Waals surface area contributed by atoms with Crippen molar-refractivity contribution in [3.8, 4) is 0 Å². The molecule has 0 amide bonds. The number of hydrogen-bond acceptors (Lipinski definition) is 4. The van der Waals surface area contributed by atoms with Crippen molar-refractivity contribution in [2.75, 3.05) is 0 Å². The Balaban J connectivity index is 0.000000660. The Hall–Kier alpha value is -0.880. The van der Waals surface area contributed by atoms with Gasteiger partial charge in [-0.2, -0.15) is 0 Å². The number of alkyl halides is 2. The van der Waals surface area contributed by atoms with Gasteiger partial charge in [0.1, 0.15) is 12.1 Å². The Morgan fingerprint density at radius 3 is 2.23 bits per heavy atom. The second-order valence-corrected chi connectivity index (χ2v) is 7.33. The molecule has 1 rings (SSSR count). The largest absolute Gasteiger partial charge is 0.361 e. The van der Waals surface area contributed by atoms with E-state index in [4.69, 9.17) is 0 Å². The van der Waals surface area contributed by atoms with Gasteiger partial charge in [0.05, 0.1) is 0 Å². The summed E-state index contributed by atoms with van der Waals surface area (Å²) in [6.45, 7) is 3.94. The minimum absolute atomic E-state index is 0.0261. The zero-order chi connectivity index (χ0) is 20.1. The third-order valence-corrected chi connectivity index (χ3v) is 4.85. The summed E-state index contributed by atoms with van der Waals surface area (Å²) in [5, 5.41) is 19.0. The van der Waals surface area contributed by atoms with E-state index >= 15 is 0 Å². The molecule has 154 valence electrons. The lowest BCUT2D eigenvalue weighted by Crippen LogP contribution is -2.48. The molecule has 0 saturated heterocycles. The van der Waals surface area contributed by atoms with Gasteiger partial charge in [-0.15, -0.1) is 0 Å². The average Bonchev–Trinajstić information content (AvgIpc) is 3.01. The van der Waals surface area contributed by atoms with E-state index in [-0.39, 0.29) is 31.0 Å². The number of carbonyl (C=O) groups is 2. The second kappa shape index (κ2) is 13.3. The molecule has 1 fully saturated rings. The van der Waals surface area contributed by atoms with Crippen LogP contribution in [-0.2, 0) is 9.59 Å². The number of halogens is 2. The van der Waals surface area contributed by atoms with Crippen LogP contribution in [0.15, 0.2) is 0 Å². The SMILES string of the molecule is CCCCC(F)(F)C(O)(O)CCC1CCC(=O)C1.CCCCCCC=O. The first-order valence-corrected chi connectivity index (χ1v) is 9.98. The molecule has 6 heteroatoms. The van der Waals surface area contributed by atoms with Crippen LogP contribution in [0.5, 0.6) is 0 Å². The Kier molecular flexibility index (Phi) is 12.9. The summed E-state index contributed by atoms with van der Waals surface area (Å²) in [6, 6.07) is 0. The first-order valence-electron chi connectivity index (χ1n) is 9.98. The molecule has 0 heterocycles. The molecule has 2 N–H and O–H groups in total. The summed E-state index contributed by atoms with van der Waals surface area (Å²) in [4.78, 5) is 20.8. The molecule has 0 aromatic heterocycles. The Labute approximate surface area is 156 Å². The summed E-state index contributed by atoms with van der Waals surface area (Å²) in [5.74, 6) is -6.27. The highest BCUT2D eigenvalue weighted by Gasteiger charge is 2.50. The van der Waals surface area contributed by atoms with Crippen molar-refractivity contribution in [1.82, 2.24) is 0 Å².